The van der Waals surface area contributed by atoms with E-state index in [1.165, 1.54) is 11.3 Å². The van der Waals surface area contributed by atoms with Gasteiger partial charge in [0, 0.05) is 18.1 Å². The van der Waals surface area contributed by atoms with Crippen molar-refractivity contribution in [3.8, 4) is 5.75 Å². The van der Waals surface area contributed by atoms with Crippen molar-refractivity contribution in [2.45, 2.75) is 26.8 Å². The molecule has 0 fully saturated rings. The van der Waals surface area contributed by atoms with Gasteiger partial charge in [0.15, 0.2) is 4.80 Å². The molecule has 4 rings (SSSR count). The van der Waals surface area contributed by atoms with Gasteiger partial charge in [-0.3, -0.25) is 14.2 Å². The van der Waals surface area contributed by atoms with E-state index < -0.39 is 6.04 Å². The Morgan fingerprint density at radius 1 is 1.20 bits per heavy atom. The van der Waals surface area contributed by atoms with Gasteiger partial charge in [0.05, 0.1) is 30.8 Å². The van der Waals surface area contributed by atoms with Gasteiger partial charge in [0.25, 0.3) is 11.5 Å². The Hall–Kier alpha value is -2.20. The fourth-order valence-electron chi connectivity index (χ4n) is 4.06. The number of nitrogens with zero attached hydrogens (tertiary/aromatic N) is 3. The Labute approximate surface area is 228 Å². The third kappa shape index (κ3) is 4.91. The van der Waals surface area contributed by atoms with E-state index in [1.54, 1.807) is 39.8 Å². The number of amides is 1. The van der Waals surface area contributed by atoms with Crippen LogP contribution in [0.4, 0.5) is 0 Å². The molecule has 10 heteroatoms. The van der Waals surface area contributed by atoms with E-state index >= 15 is 0 Å². The molecule has 6 nitrogen and oxygen atoms in total. The SMILES string of the molecule is CCN(CC)C(=O)C1=C(C)N=c2s/c(=C/c3cc(Br)c(O)c(Br)c3)c(=O)n2[C@H]1c1ccc(Cl)cc1. The van der Waals surface area contributed by atoms with Gasteiger partial charge in [-0.15, -0.1) is 0 Å². The highest BCUT2D eigenvalue weighted by molar-refractivity contribution is 9.11. The number of allylic oxidation sites excluding steroid dienone is 1. The summed E-state index contributed by atoms with van der Waals surface area (Å²) in [5.41, 5.74) is 2.33. The average molecular weight is 640 g/mol. The highest BCUT2D eigenvalue weighted by Crippen LogP contribution is 2.34. The minimum atomic E-state index is -0.628. The fourth-order valence-corrected chi connectivity index (χ4v) is 6.45. The number of benzene rings is 2. The number of aromatic hydroxyl groups is 1. The molecule has 182 valence electrons. The van der Waals surface area contributed by atoms with Gasteiger partial charge in [-0.25, -0.2) is 4.99 Å². The number of carbonyl (C=O) groups excluding carboxylic acids is 1. The van der Waals surface area contributed by atoms with Gasteiger partial charge < -0.3 is 10.0 Å². The number of fused-ring (bicyclic) bond motifs is 1. The highest BCUT2D eigenvalue weighted by atomic mass is 79.9. The second-order valence-corrected chi connectivity index (χ2v) is 11.1. The predicted molar refractivity (Wildman–Crippen MR) is 147 cm³/mol. The summed E-state index contributed by atoms with van der Waals surface area (Å²) in [6.07, 6.45) is 1.75. The van der Waals surface area contributed by atoms with Crippen LogP contribution in [0.2, 0.25) is 5.02 Å². The Morgan fingerprint density at radius 2 is 1.80 bits per heavy atom. The molecular weight excluding hydrogens is 618 g/mol. The molecule has 3 aromatic rings. The molecule has 0 unspecified atom stereocenters. The summed E-state index contributed by atoms with van der Waals surface area (Å²) in [6.45, 7) is 6.77. The Kier molecular flexibility index (Phi) is 7.71. The summed E-state index contributed by atoms with van der Waals surface area (Å²) in [7, 11) is 0. The molecule has 35 heavy (non-hydrogen) atoms. The number of hydrogen-bond acceptors (Lipinski definition) is 5. The van der Waals surface area contributed by atoms with Crippen LogP contribution in [0.3, 0.4) is 0 Å². The van der Waals surface area contributed by atoms with Crippen molar-refractivity contribution in [2.75, 3.05) is 13.1 Å². The third-order valence-corrected chi connectivity index (χ3v) is 8.27. The summed E-state index contributed by atoms with van der Waals surface area (Å²) in [4.78, 5) is 34.2. The lowest BCUT2D eigenvalue weighted by molar-refractivity contribution is -0.127. The zero-order valence-electron chi connectivity index (χ0n) is 19.2. The van der Waals surface area contributed by atoms with Crippen LogP contribution in [0.5, 0.6) is 5.75 Å². The van der Waals surface area contributed by atoms with Gasteiger partial charge in [-0.1, -0.05) is 35.1 Å². The van der Waals surface area contributed by atoms with Crippen LogP contribution in [0.25, 0.3) is 6.08 Å². The molecule has 1 N–H and O–H groups in total. The smallest absolute Gasteiger partial charge is 0.271 e. The molecule has 0 saturated carbocycles. The van der Waals surface area contributed by atoms with Crippen molar-refractivity contribution in [1.82, 2.24) is 9.47 Å². The van der Waals surface area contributed by atoms with E-state index in [-0.39, 0.29) is 17.2 Å². The number of phenolic OH excluding ortho intramolecular Hbond substituents is 1. The molecule has 0 aliphatic carbocycles. The first-order chi connectivity index (χ1) is 16.7. The van der Waals surface area contributed by atoms with Crippen molar-refractivity contribution in [3.05, 3.63) is 92.5 Å². The first kappa shape index (κ1) is 25.9. The van der Waals surface area contributed by atoms with E-state index in [9.17, 15) is 14.7 Å². The number of thiazole rings is 1. The summed E-state index contributed by atoms with van der Waals surface area (Å²) >= 11 is 14.1. The third-order valence-electron chi connectivity index (χ3n) is 5.83. The Bertz CT molecular complexity index is 1500. The molecule has 1 aromatic heterocycles. The maximum atomic E-state index is 13.7. The first-order valence-electron chi connectivity index (χ1n) is 10.9. The van der Waals surface area contributed by atoms with Crippen LogP contribution in [-0.2, 0) is 4.79 Å². The number of carbonyl (C=O) groups is 1. The molecule has 1 amide bonds. The average Bonchev–Trinajstić information content (AvgIpc) is 3.12. The molecule has 0 saturated heterocycles. The van der Waals surface area contributed by atoms with Crippen molar-refractivity contribution < 1.29 is 9.90 Å². The minimum absolute atomic E-state index is 0.0847. The Balaban J connectivity index is 1.96. The molecule has 0 radical (unpaired) electrons. The summed E-state index contributed by atoms with van der Waals surface area (Å²) in [5.74, 6) is -0.0570. The molecule has 0 spiro atoms. The number of hydrogen-bond donors (Lipinski definition) is 1. The predicted octanol–water partition coefficient (Wildman–Crippen LogP) is 4.99. The van der Waals surface area contributed by atoms with E-state index in [0.717, 1.165) is 11.1 Å². The largest absolute Gasteiger partial charge is 0.506 e. The zero-order valence-corrected chi connectivity index (χ0v) is 23.9. The first-order valence-corrected chi connectivity index (χ1v) is 13.7. The number of phenols is 1. The molecular formula is C25H22Br2ClN3O3S. The van der Waals surface area contributed by atoms with Gasteiger partial charge in [0.2, 0.25) is 0 Å². The van der Waals surface area contributed by atoms with Gasteiger partial charge in [-0.2, -0.15) is 0 Å². The second-order valence-electron chi connectivity index (χ2n) is 7.94. The van der Waals surface area contributed by atoms with E-state index in [1.807, 2.05) is 32.9 Å². The minimum Gasteiger partial charge on any atom is -0.506 e. The molecule has 1 aliphatic rings. The Morgan fingerprint density at radius 3 is 2.37 bits per heavy atom. The van der Waals surface area contributed by atoms with Crippen LogP contribution < -0.4 is 14.9 Å². The van der Waals surface area contributed by atoms with Crippen LogP contribution >= 0.6 is 54.8 Å². The summed E-state index contributed by atoms with van der Waals surface area (Å²) in [5, 5.41) is 10.6. The highest BCUT2D eigenvalue weighted by Gasteiger charge is 2.34. The van der Waals surface area contributed by atoms with Crippen LogP contribution in [0, 0.1) is 0 Å². The van der Waals surface area contributed by atoms with Crippen molar-refractivity contribution in [2.24, 2.45) is 4.99 Å². The fraction of sp³-hybridized carbons (Fsp3) is 0.240. The van der Waals surface area contributed by atoms with Crippen LogP contribution in [0.1, 0.15) is 37.9 Å². The number of likely N-dealkylation sites (N-methyl/N-ethyl adjacent to an activating group) is 1. The molecule has 1 aliphatic heterocycles. The van der Waals surface area contributed by atoms with Crippen molar-refractivity contribution in [1.29, 1.82) is 0 Å². The second kappa shape index (κ2) is 10.4. The molecule has 2 heterocycles. The van der Waals surface area contributed by atoms with Crippen LogP contribution in [0.15, 0.2) is 66.4 Å². The van der Waals surface area contributed by atoms with E-state index in [4.69, 9.17) is 11.6 Å². The lowest BCUT2D eigenvalue weighted by Gasteiger charge is -2.29. The zero-order chi connectivity index (χ0) is 25.4. The number of halogens is 3. The maximum Gasteiger partial charge on any atom is 0.271 e. The van der Waals surface area contributed by atoms with Gasteiger partial charge in [-0.05, 0) is 94.1 Å². The van der Waals surface area contributed by atoms with Gasteiger partial charge >= 0.3 is 0 Å². The molecule has 1 atom stereocenters. The van der Waals surface area contributed by atoms with Crippen molar-refractivity contribution >= 4 is 66.8 Å². The topological polar surface area (TPSA) is 74.9 Å². The number of aromatic nitrogens is 1. The molecule has 2 aromatic carbocycles. The lowest BCUT2D eigenvalue weighted by Crippen LogP contribution is -2.43. The van der Waals surface area contributed by atoms with Gasteiger partial charge in [0.1, 0.15) is 5.75 Å². The normalized spacial score (nSPS) is 15.7. The summed E-state index contributed by atoms with van der Waals surface area (Å²) < 4.78 is 3.07. The van der Waals surface area contributed by atoms with E-state index in [0.29, 0.717) is 47.7 Å². The van der Waals surface area contributed by atoms with Crippen molar-refractivity contribution in [3.63, 3.8) is 0 Å². The quantitative estimate of drug-likeness (QED) is 0.428. The van der Waals surface area contributed by atoms with Crippen LogP contribution in [-0.4, -0.2) is 33.6 Å². The lowest BCUT2D eigenvalue weighted by atomic mass is 9.94. The molecule has 0 bridgehead atoms. The standard InChI is InChI=1S/C25H22Br2ClN3O3S/c1-4-30(5-2)24(34)20-13(3)29-25-31(21(20)15-6-8-16(28)9-7-15)23(33)19(35-25)12-14-10-17(26)22(32)18(27)11-14/h6-12,21,32H,4-5H2,1-3H3/b19-12+/t21-/m0/s1. The maximum absolute atomic E-state index is 13.7. The number of rotatable bonds is 5. The monoisotopic (exact) mass is 637 g/mol. The van der Waals surface area contributed by atoms with E-state index in [2.05, 4.69) is 36.9 Å². The summed E-state index contributed by atoms with van der Waals surface area (Å²) in [6, 6.07) is 10.0.